The fraction of sp³-hybridized carbons (Fsp3) is 0.308. The second-order valence-electron chi connectivity index (χ2n) is 8.36. The van der Waals surface area contributed by atoms with Gasteiger partial charge < -0.3 is 20.3 Å². The van der Waals surface area contributed by atoms with Crippen molar-refractivity contribution in [2.45, 2.75) is 25.3 Å². The summed E-state index contributed by atoms with van der Waals surface area (Å²) >= 11 is 0. The Balaban J connectivity index is 1.37. The van der Waals surface area contributed by atoms with Gasteiger partial charge in [-0.1, -0.05) is 18.2 Å². The second-order valence-corrected chi connectivity index (χ2v) is 8.36. The summed E-state index contributed by atoms with van der Waals surface area (Å²) in [7, 11) is 5.50. The van der Waals surface area contributed by atoms with Crippen molar-refractivity contribution in [3.63, 3.8) is 0 Å². The lowest BCUT2D eigenvalue weighted by atomic mass is 10.0. The van der Waals surface area contributed by atoms with Crippen LogP contribution < -0.4 is 15.5 Å². The summed E-state index contributed by atoms with van der Waals surface area (Å²) < 4.78 is 4.87. The Labute approximate surface area is 189 Å². The fourth-order valence-corrected chi connectivity index (χ4v) is 4.20. The lowest BCUT2D eigenvalue weighted by Gasteiger charge is -2.16. The van der Waals surface area contributed by atoms with Gasteiger partial charge in [-0.3, -0.25) is 4.98 Å². The van der Waals surface area contributed by atoms with Crippen LogP contribution in [0.2, 0.25) is 0 Å². The average Bonchev–Trinajstić information content (AvgIpc) is 3.23. The van der Waals surface area contributed by atoms with Gasteiger partial charge in [-0.2, -0.15) is 0 Å². The first-order chi connectivity index (χ1) is 15.5. The number of esters is 1. The van der Waals surface area contributed by atoms with Gasteiger partial charge in [-0.25, -0.2) is 4.79 Å². The molecule has 3 aromatic rings. The zero-order chi connectivity index (χ0) is 22.5. The van der Waals surface area contributed by atoms with Gasteiger partial charge >= 0.3 is 5.97 Å². The second kappa shape index (κ2) is 9.73. The average molecular weight is 431 g/mol. The molecular weight excluding hydrogens is 400 g/mol. The van der Waals surface area contributed by atoms with E-state index in [1.807, 2.05) is 0 Å². The summed E-state index contributed by atoms with van der Waals surface area (Å²) in [6, 6.07) is 17.0. The first kappa shape index (κ1) is 21.7. The molecule has 2 N–H and O–H groups in total. The van der Waals surface area contributed by atoms with Crippen molar-refractivity contribution in [2.24, 2.45) is 0 Å². The van der Waals surface area contributed by atoms with Crippen molar-refractivity contribution in [1.82, 2.24) is 4.98 Å². The van der Waals surface area contributed by atoms with Gasteiger partial charge in [0.05, 0.1) is 24.6 Å². The Bertz CT molecular complexity index is 1080. The Hall–Kier alpha value is -3.54. The molecule has 1 heterocycles. The minimum absolute atomic E-state index is 0.353. The van der Waals surface area contributed by atoms with Gasteiger partial charge in [0, 0.05) is 50.7 Å². The quantitative estimate of drug-likeness (QED) is 0.506. The maximum Gasteiger partial charge on any atom is 0.340 e. The maximum atomic E-state index is 12.0. The molecule has 1 atom stereocenters. The van der Waals surface area contributed by atoms with E-state index in [0.29, 0.717) is 17.2 Å². The van der Waals surface area contributed by atoms with Gasteiger partial charge in [-0.05, 0) is 59.9 Å². The van der Waals surface area contributed by atoms with Crippen molar-refractivity contribution in [1.29, 1.82) is 0 Å². The molecule has 1 aliphatic rings. The van der Waals surface area contributed by atoms with Crippen LogP contribution in [-0.4, -0.2) is 38.7 Å². The van der Waals surface area contributed by atoms with Crippen LogP contribution in [0, 0.1) is 0 Å². The van der Waals surface area contributed by atoms with Gasteiger partial charge in [0.2, 0.25) is 0 Å². The predicted molar refractivity (Wildman–Crippen MR) is 130 cm³/mol. The van der Waals surface area contributed by atoms with Crippen LogP contribution in [0.4, 0.5) is 17.1 Å². The standard InChI is InChI=1S/C26H30N4O2/c1-30(2)22-9-4-18(5-10-22)15-28-21-8-11-23-19(14-21)6-7-20(23)16-29-25-17-27-13-12-24(25)26(31)32-3/h4-5,8-14,17,20,28-29H,6-7,15-16H2,1-3H3/t20-/m0/s1. The molecule has 32 heavy (non-hydrogen) atoms. The topological polar surface area (TPSA) is 66.5 Å². The van der Waals surface area contributed by atoms with Crippen LogP contribution in [0.15, 0.2) is 60.9 Å². The van der Waals surface area contributed by atoms with E-state index in [4.69, 9.17) is 4.74 Å². The van der Waals surface area contributed by atoms with Crippen molar-refractivity contribution in [3.05, 3.63) is 83.2 Å². The van der Waals surface area contributed by atoms with Crippen LogP contribution in [0.3, 0.4) is 0 Å². The van der Waals surface area contributed by atoms with Crippen LogP contribution in [0.5, 0.6) is 0 Å². The normalized spacial score (nSPS) is 14.5. The molecule has 0 radical (unpaired) electrons. The lowest BCUT2D eigenvalue weighted by molar-refractivity contribution is 0.0601. The van der Waals surface area contributed by atoms with E-state index in [-0.39, 0.29) is 5.97 Å². The van der Waals surface area contributed by atoms with Gasteiger partial charge in [0.15, 0.2) is 0 Å². The molecule has 6 heteroatoms. The highest BCUT2D eigenvalue weighted by Crippen LogP contribution is 2.35. The Morgan fingerprint density at radius 2 is 1.94 bits per heavy atom. The smallest absolute Gasteiger partial charge is 0.340 e. The largest absolute Gasteiger partial charge is 0.465 e. The van der Waals surface area contributed by atoms with E-state index >= 15 is 0 Å². The zero-order valence-electron chi connectivity index (χ0n) is 18.9. The molecule has 0 amide bonds. The van der Waals surface area contributed by atoms with Crippen molar-refractivity contribution < 1.29 is 9.53 Å². The maximum absolute atomic E-state index is 12.0. The monoisotopic (exact) mass is 430 g/mol. The molecule has 2 aromatic carbocycles. The molecule has 6 nitrogen and oxygen atoms in total. The summed E-state index contributed by atoms with van der Waals surface area (Å²) in [6.07, 6.45) is 5.44. The third-order valence-electron chi connectivity index (χ3n) is 6.06. The van der Waals surface area contributed by atoms with Crippen LogP contribution in [-0.2, 0) is 17.7 Å². The Morgan fingerprint density at radius 1 is 1.12 bits per heavy atom. The molecule has 0 saturated carbocycles. The Kier molecular flexibility index (Phi) is 6.59. The number of aromatic nitrogens is 1. The van der Waals surface area contributed by atoms with Gasteiger partial charge in [0.1, 0.15) is 0 Å². The number of rotatable bonds is 8. The number of methoxy groups -OCH3 is 1. The minimum Gasteiger partial charge on any atom is -0.465 e. The molecular formula is C26H30N4O2. The number of nitrogens with zero attached hydrogens (tertiary/aromatic N) is 2. The van der Waals surface area contributed by atoms with Crippen molar-refractivity contribution >= 4 is 23.0 Å². The molecule has 166 valence electrons. The van der Waals surface area contributed by atoms with Crippen molar-refractivity contribution in [2.75, 3.05) is 43.3 Å². The van der Waals surface area contributed by atoms with E-state index < -0.39 is 0 Å². The molecule has 1 aromatic heterocycles. The predicted octanol–water partition coefficient (Wildman–Crippen LogP) is 4.69. The highest BCUT2D eigenvalue weighted by molar-refractivity contribution is 5.95. The number of benzene rings is 2. The number of aryl methyl sites for hydroxylation is 1. The van der Waals surface area contributed by atoms with Crippen LogP contribution in [0.1, 0.15) is 39.4 Å². The van der Waals surface area contributed by atoms with Gasteiger partial charge in [0.25, 0.3) is 0 Å². The fourth-order valence-electron chi connectivity index (χ4n) is 4.20. The third-order valence-corrected chi connectivity index (χ3v) is 6.06. The highest BCUT2D eigenvalue weighted by Gasteiger charge is 2.23. The lowest BCUT2D eigenvalue weighted by Crippen LogP contribution is -2.14. The van der Waals surface area contributed by atoms with E-state index in [1.165, 1.54) is 29.5 Å². The molecule has 1 aliphatic carbocycles. The summed E-state index contributed by atoms with van der Waals surface area (Å²) in [5.74, 6) is 0.0529. The number of fused-ring (bicyclic) bond motifs is 1. The summed E-state index contributed by atoms with van der Waals surface area (Å²) in [4.78, 5) is 18.2. The van der Waals surface area contributed by atoms with E-state index in [2.05, 4.69) is 77.1 Å². The van der Waals surface area contributed by atoms with E-state index in [1.54, 1.807) is 18.5 Å². The first-order valence-corrected chi connectivity index (χ1v) is 10.9. The van der Waals surface area contributed by atoms with Crippen LogP contribution in [0.25, 0.3) is 0 Å². The van der Waals surface area contributed by atoms with Crippen molar-refractivity contribution in [3.8, 4) is 0 Å². The van der Waals surface area contributed by atoms with Gasteiger partial charge in [-0.15, -0.1) is 0 Å². The zero-order valence-corrected chi connectivity index (χ0v) is 18.9. The third kappa shape index (κ3) is 4.85. The van der Waals surface area contributed by atoms with E-state index in [0.717, 1.165) is 31.6 Å². The summed E-state index contributed by atoms with van der Waals surface area (Å²) in [6.45, 7) is 1.56. The number of hydrogen-bond acceptors (Lipinski definition) is 6. The number of pyridine rings is 1. The summed E-state index contributed by atoms with van der Waals surface area (Å²) in [5, 5.41) is 6.95. The number of ether oxygens (including phenoxy) is 1. The number of nitrogens with one attached hydrogen (secondary N) is 2. The van der Waals surface area contributed by atoms with E-state index in [9.17, 15) is 4.79 Å². The first-order valence-electron chi connectivity index (χ1n) is 10.9. The SMILES string of the molecule is COC(=O)c1ccncc1NC[C@@H]1CCc2cc(NCc3ccc(N(C)C)cc3)ccc21. The number of anilines is 3. The minimum atomic E-state index is -0.353. The molecule has 0 fully saturated rings. The number of hydrogen-bond donors (Lipinski definition) is 2. The Morgan fingerprint density at radius 3 is 2.69 bits per heavy atom. The summed E-state index contributed by atoms with van der Waals surface area (Å²) in [5.41, 5.74) is 7.61. The molecule has 0 saturated heterocycles. The number of carbonyl (C=O) groups is 1. The van der Waals surface area contributed by atoms with Crippen LogP contribution >= 0.6 is 0 Å². The molecule has 0 unspecified atom stereocenters. The highest BCUT2D eigenvalue weighted by atomic mass is 16.5. The molecule has 0 bridgehead atoms. The molecule has 4 rings (SSSR count). The number of carbonyl (C=O) groups excluding carboxylic acids is 1. The molecule has 0 spiro atoms. The molecule has 0 aliphatic heterocycles.